The number of carboxylic acids is 1. The van der Waals surface area contributed by atoms with Gasteiger partial charge in [-0.1, -0.05) is 0 Å². The van der Waals surface area contributed by atoms with Gasteiger partial charge in [0.25, 0.3) is 0 Å². The van der Waals surface area contributed by atoms with E-state index in [1.165, 1.54) is 12.3 Å². The Bertz CT molecular complexity index is 525. The highest BCUT2D eigenvalue weighted by atomic mass is 16.4. The predicted octanol–water partition coefficient (Wildman–Crippen LogP) is 1.08. The van der Waals surface area contributed by atoms with Crippen LogP contribution in [0.1, 0.15) is 35.4 Å². The Labute approximate surface area is 116 Å². The summed E-state index contributed by atoms with van der Waals surface area (Å²) in [6, 6.07) is 1.77. The molecule has 2 saturated heterocycles. The molecule has 1 aromatic heterocycles. The Morgan fingerprint density at radius 3 is 3.15 bits per heavy atom. The molecule has 6 nitrogen and oxygen atoms in total. The molecule has 6 heteroatoms. The smallest absolute Gasteiger partial charge is 0.339 e. The molecule has 0 radical (unpaired) electrons. The molecule has 20 heavy (non-hydrogen) atoms. The van der Waals surface area contributed by atoms with Crippen LogP contribution in [-0.2, 0) is 11.3 Å². The third-order valence-corrected chi connectivity index (χ3v) is 4.25. The van der Waals surface area contributed by atoms with E-state index in [0.717, 1.165) is 25.9 Å². The number of piperidine rings is 2. The third-order valence-electron chi connectivity index (χ3n) is 4.25. The molecule has 0 aromatic carbocycles. The van der Waals surface area contributed by atoms with Gasteiger partial charge in [-0.2, -0.15) is 0 Å². The van der Waals surface area contributed by atoms with Gasteiger partial charge in [-0.3, -0.25) is 9.69 Å². The Balaban J connectivity index is 1.64. The largest absolute Gasteiger partial charge is 0.478 e. The van der Waals surface area contributed by atoms with Crippen molar-refractivity contribution in [3.8, 4) is 0 Å². The van der Waals surface area contributed by atoms with Gasteiger partial charge in [0, 0.05) is 25.6 Å². The highest BCUT2D eigenvalue weighted by Crippen LogP contribution is 2.26. The average molecular weight is 278 g/mol. The number of nitrogens with one attached hydrogen (secondary N) is 1. The van der Waals surface area contributed by atoms with Gasteiger partial charge in [0.1, 0.15) is 11.3 Å². The first-order chi connectivity index (χ1) is 9.63. The molecular formula is C14H18N2O4. The van der Waals surface area contributed by atoms with Crippen LogP contribution in [0, 0.1) is 5.92 Å². The van der Waals surface area contributed by atoms with Gasteiger partial charge in [-0.15, -0.1) is 0 Å². The van der Waals surface area contributed by atoms with Crippen LogP contribution >= 0.6 is 0 Å². The second-order valence-electron chi connectivity index (χ2n) is 5.56. The zero-order chi connectivity index (χ0) is 14.1. The van der Waals surface area contributed by atoms with E-state index in [-0.39, 0.29) is 17.5 Å². The Morgan fingerprint density at radius 1 is 1.50 bits per heavy atom. The number of amides is 1. The molecule has 1 aromatic rings. The van der Waals surface area contributed by atoms with E-state index >= 15 is 0 Å². The monoisotopic (exact) mass is 278 g/mol. The second-order valence-corrected chi connectivity index (χ2v) is 5.56. The summed E-state index contributed by atoms with van der Waals surface area (Å²) in [4.78, 5) is 24.6. The Morgan fingerprint density at radius 2 is 2.35 bits per heavy atom. The van der Waals surface area contributed by atoms with Crippen LogP contribution in [0.5, 0.6) is 0 Å². The fourth-order valence-corrected chi connectivity index (χ4v) is 3.19. The van der Waals surface area contributed by atoms with Gasteiger partial charge in [0.15, 0.2) is 0 Å². The van der Waals surface area contributed by atoms with Crippen molar-refractivity contribution >= 4 is 11.9 Å². The molecule has 2 fully saturated rings. The second kappa shape index (κ2) is 5.28. The van der Waals surface area contributed by atoms with Crippen LogP contribution in [0.4, 0.5) is 0 Å². The molecule has 3 heterocycles. The van der Waals surface area contributed by atoms with E-state index in [1.807, 2.05) is 0 Å². The highest BCUT2D eigenvalue weighted by molar-refractivity contribution is 5.88. The van der Waals surface area contributed by atoms with Gasteiger partial charge in [0.2, 0.25) is 5.91 Å². The van der Waals surface area contributed by atoms with Gasteiger partial charge in [-0.05, 0) is 24.8 Å². The molecule has 0 saturated carbocycles. The molecule has 0 spiro atoms. The van der Waals surface area contributed by atoms with Gasteiger partial charge >= 0.3 is 5.97 Å². The molecule has 2 N–H and O–H groups in total. The number of carbonyl (C=O) groups is 2. The van der Waals surface area contributed by atoms with E-state index in [9.17, 15) is 9.59 Å². The van der Waals surface area contributed by atoms with Gasteiger partial charge < -0.3 is 14.8 Å². The number of carboxylic acid groups (broad SMARTS) is 1. The fourth-order valence-electron chi connectivity index (χ4n) is 3.19. The third kappa shape index (κ3) is 2.56. The van der Waals surface area contributed by atoms with Gasteiger partial charge in [0.05, 0.1) is 12.8 Å². The quantitative estimate of drug-likeness (QED) is 0.864. The topological polar surface area (TPSA) is 82.8 Å². The van der Waals surface area contributed by atoms with Crippen molar-refractivity contribution in [2.45, 2.75) is 31.8 Å². The molecule has 3 rings (SSSR count). The maximum absolute atomic E-state index is 11.4. The summed E-state index contributed by atoms with van der Waals surface area (Å²) >= 11 is 0. The molecule has 2 unspecified atom stereocenters. The fraction of sp³-hybridized carbons (Fsp3) is 0.571. The van der Waals surface area contributed by atoms with Crippen LogP contribution in [0.3, 0.4) is 0 Å². The number of fused-ring (bicyclic) bond motifs is 1. The summed E-state index contributed by atoms with van der Waals surface area (Å²) in [6.45, 7) is 2.25. The van der Waals surface area contributed by atoms with Crippen molar-refractivity contribution in [3.63, 3.8) is 0 Å². The van der Waals surface area contributed by atoms with Crippen molar-refractivity contribution in [3.05, 3.63) is 23.7 Å². The van der Waals surface area contributed by atoms with Crippen LogP contribution in [0.2, 0.25) is 0 Å². The van der Waals surface area contributed by atoms with Crippen molar-refractivity contribution in [2.75, 3.05) is 13.1 Å². The lowest BCUT2D eigenvalue weighted by Gasteiger charge is -2.41. The average Bonchev–Trinajstić information content (AvgIpc) is 2.87. The first kappa shape index (κ1) is 13.2. The van der Waals surface area contributed by atoms with E-state index in [4.69, 9.17) is 9.52 Å². The van der Waals surface area contributed by atoms with Gasteiger partial charge in [-0.25, -0.2) is 4.79 Å². The Hall–Kier alpha value is -1.82. The molecular weight excluding hydrogens is 260 g/mol. The predicted molar refractivity (Wildman–Crippen MR) is 70.2 cm³/mol. The number of hydrogen-bond donors (Lipinski definition) is 2. The molecule has 108 valence electrons. The van der Waals surface area contributed by atoms with E-state index in [0.29, 0.717) is 24.6 Å². The molecule has 0 aliphatic carbocycles. The standard InChI is InChI=1S/C14H18N2O4/c17-13-2-1-9-7-16(5-3-11(9)15-13)8-12-10(14(18)19)4-6-20-12/h4,6,9,11H,1-3,5,7-8H2,(H,15,17)(H,18,19). The minimum absolute atomic E-state index is 0.152. The maximum Gasteiger partial charge on any atom is 0.339 e. The molecule has 2 atom stereocenters. The zero-order valence-corrected chi connectivity index (χ0v) is 11.2. The normalized spacial score (nSPS) is 26.9. The maximum atomic E-state index is 11.4. The summed E-state index contributed by atoms with van der Waals surface area (Å²) in [5.74, 6) is 0.174. The lowest BCUT2D eigenvalue weighted by Crippen LogP contribution is -2.53. The Kier molecular flexibility index (Phi) is 3.48. The highest BCUT2D eigenvalue weighted by Gasteiger charge is 2.34. The number of carbonyl (C=O) groups excluding carboxylic acids is 1. The summed E-state index contributed by atoms with van der Waals surface area (Å²) in [5.41, 5.74) is 0.240. The number of rotatable bonds is 3. The summed E-state index contributed by atoms with van der Waals surface area (Å²) in [7, 11) is 0. The van der Waals surface area contributed by atoms with Crippen molar-refractivity contribution in [1.82, 2.24) is 10.2 Å². The summed E-state index contributed by atoms with van der Waals surface area (Å²) < 4.78 is 5.29. The lowest BCUT2D eigenvalue weighted by atomic mass is 9.85. The van der Waals surface area contributed by atoms with Crippen LogP contribution in [-0.4, -0.2) is 41.0 Å². The number of hydrogen-bond acceptors (Lipinski definition) is 4. The summed E-state index contributed by atoms with van der Waals surface area (Å²) in [5, 5.41) is 12.1. The molecule has 1 amide bonds. The summed E-state index contributed by atoms with van der Waals surface area (Å²) in [6.07, 6.45) is 3.85. The molecule has 2 aliphatic heterocycles. The molecule has 2 aliphatic rings. The number of nitrogens with zero attached hydrogens (tertiary/aromatic N) is 1. The number of aromatic carboxylic acids is 1. The SMILES string of the molecule is O=C1CCC2CN(Cc3occc3C(=O)O)CCC2N1. The van der Waals surface area contributed by atoms with E-state index < -0.39 is 5.97 Å². The van der Waals surface area contributed by atoms with Crippen LogP contribution in [0.15, 0.2) is 16.7 Å². The first-order valence-corrected chi connectivity index (χ1v) is 6.95. The zero-order valence-electron chi connectivity index (χ0n) is 11.2. The minimum atomic E-state index is -0.950. The number of furan rings is 1. The van der Waals surface area contributed by atoms with Crippen molar-refractivity contribution < 1.29 is 19.1 Å². The van der Waals surface area contributed by atoms with Crippen LogP contribution in [0.25, 0.3) is 0 Å². The van der Waals surface area contributed by atoms with E-state index in [1.54, 1.807) is 0 Å². The van der Waals surface area contributed by atoms with Crippen molar-refractivity contribution in [1.29, 1.82) is 0 Å². The van der Waals surface area contributed by atoms with Crippen molar-refractivity contribution in [2.24, 2.45) is 5.92 Å². The first-order valence-electron chi connectivity index (χ1n) is 6.95. The number of likely N-dealkylation sites (tertiary alicyclic amines) is 1. The van der Waals surface area contributed by atoms with Crippen LogP contribution < -0.4 is 5.32 Å². The minimum Gasteiger partial charge on any atom is -0.478 e. The lowest BCUT2D eigenvalue weighted by molar-refractivity contribution is -0.125. The molecule has 0 bridgehead atoms. The van der Waals surface area contributed by atoms with E-state index in [2.05, 4.69) is 10.2 Å².